The Morgan fingerprint density at radius 1 is 1.14 bits per heavy atom. The van der Waals surface area contributed by atoms with Crippen LogP contribution < -0.4 is 16.0 Å². The predicted molar refractivity (Wildman–Crippen MR) is 96.3 cm³/mol. The average molecular weight is 330 g/mol. The number of piperazine rings is 1. The molecule has 0 aromatic carbocycles. The van der Waals surface area contributed by atoms with Crippen LogP contribution in [0.15, 0.2) is 0 Å². The topological polar surface area (TPSA) is 36.1 Å². The van der Waals surface area contributed by atoms with E-state index in [0.717, 1.165) is 29.5 Å². The fourth-order valence-electron chi connectivity index (χ4n) is 4.00. The van der Waals surface area contributed by atoms with E-state index in [1.807, 2.05) is 0 Å². The molecule has 0 radical (unpaired) electrons. The SMILES string of the molecule is CSC1CCC(C2CNCC(NCC3CCCS3)N2)CC1. The van der Waals surface area contributed by atoms with Crippen LogP contribution in [0.5, 0.6) is 0 Å². The molecule has 122 valence electrons. The van der Waals surface area contributed by atoms with Gasteiger partial charge in [-0.15, -0.1) is 0 Å². The molecule has 3 atom stereocenters. The Kier molecular flexibility index (Phi) is 6.60. The van der Waals surface area contributed by atoms with Gasteiger partial charge in [0.1, 0.15) is 0 Å². The van der Waals surface area contributed by atoms with E-state index in [1.165, 1.54) is 50.8 Å². The highest BCUT2D eigenvalue weighted by atomic mass is 32.2. The van der Waals surface area contributed by atoms with E-state index in [0.29, 0.717) is 12.2 Å². The third-order valence-corrected chi connectivity index (χ3v) is 7.90. The average Bonchev–Trinajstić information content (AvgIpc) is 3.07. The summed E-state index contributed by atoms with van der Waals surface area (Å²) >= 11 is 4.22. The first-order chi connectivity index (χ1) is 10.3. The minimum Gasteiger partial charge on any atom is -0.312 e. The van der Waals surface area contributed by atoms with Gasteiger partial charge in [0.25, 0.3) is 0 Å². The molecule has 0 spiro atoms. The molecule has 3 N–H and O–H groups in total. The standard InChI is InChI=1S/C16H31N3S2/c1-20-13-6-4-12(5-7-13)15-10-17-11-16(19-15)18-9-14-3-2-8-21-14/h12-19H,2-11H2,1H3. The van der Waals surface area contributed by atoms with Crippen molar-refractivity contribution >= 4 is 23.5 Å². The molecule has 3 unspecified atom stereocenters. The number of hydrogen-bond acceptors (Lipinski definition) is 5. The van der Waals surface area contributed by atoms with Crippen LogP contribution in [0.1, 0.15) is 38.5 Å². The fourth-order valence-corrected chi connectivity index (χ4v) is 5.96. The number of thioether (sulfide) groups is 2. The molecular weight excluding hydrogens is 298 g/mol. The monoisotopic (exact) mass is 329 g/mol. The molecule has 5 heteroatoms. The first-order valence-electron chi connectivity index (χ1n) is 8.69. The minimum atomic E-state index is 0.475. The number of hydrogen-bond donors (Lipinski definition) is 3. The highest BCUT2D eigenvalue weighted by molar-refractivity contribution is 8.00. The van der Waals surface area contributed by atoms with Crippen molar-refractivity contribution in [3.05, 3.63) is 0 Å². The lowest BCUT2D eigenvalue weighted by molar-refractivity contribution is 0.203. The van der Waals surface area contributed by atoms with Gasteiger partial charge in [0.05, 0.1) is 6.17 Å². The van der Waals surface area contributed by atoms with Crippen LogP contribution in [0.25, 0.3) is 0 Å². The van der Waals surface area contributed by atoms with Gasteiger partial charge >= 0.3 is 0 Å². The Labute approximate surface area is 138 Å². The summed E-state index contributed by atoms with van der Waals surface area (Å²) in [4.78, 5) is 0. The lowest BCUT2D eigenvalue weighted by Crippen LogP contribution is -2.63. The molecule has 0 aromatic rings. The summed E-state index contributed by atoms with van der Waals surface area (Å²) in [6.45, 7) is 3.41. The van der Waals surface area contributed by atoms with Crippen LogP contribution in [0, 0.1) is 5.92 Å². The lowest BCUT2D eigenvalue weighted by Gasteiger charge is -2.40. The first kappa shape index (κ1) is 16.4. The molecule has 0 aromatic heterocycles. The molecule has 1 aliphatic carbocycles. The van der Waals surface area contributed by atoms with Gasteiger partial charge in [-0.25, -0.2) is 0 Å². The number of nitrogens with one attached hydrogen (secondary N) is 3. The fraction of sp³-hybridized carbons (Fsp3) is 1.00. The van der Waals surface area contributed by atoms with Crippen molar-refractivity contribution in [1.29, 1.82) is 0 Å². The van der Waals surface area contributed by atoms with Gasteiger partial charge in [0.15, 0.2) is 0 Å². The Morgan fingerprint density at radius 2 is 2.00 bits per heavy atom. The first-order valence-corrected chi connectivity index (χ1v) is 11.0. The second-order valence-electron chi connectivity index (χ2n) is 6.80. The van der Waals surface area contributed by atoms with Crippen LogP contribution in [-0.4, -0.2) is 54.4 Å². The van der Waals surface area contributed by atoms with Gasteiger partial charge in [-0.3, -0.25) is 10.6 Å². The van der Waals surface area contributed by atoms with E-state index < -0.39 is 0 Å². The molecule has 0 bridgehead atoms. The molecule has 1 saturated carbocycles. The van der Waals surface area contributed by atoms with Crippen molar-refractivity contribution in [3.8, 4) is 0 Å². The van der Waals surface area contributed by atoms with Crippen molar-refractivity contribution in [2.75, 3.05) is 31.6 Å². The maximum absolute atomic E-state index is 3.89. The van der Waals surface area contributed by atoms with Crippen molar-refractivity contribution in [2.45, 2.75) is 61.2 Å². The third kappa shape index (κ3) is 4.77. The van der Waals surface area contributed by atoms with Gasteiger partial charge in [0.2, 0.25) is 0 Å². The maximum atomic E-state index is 3.89. The lowest BCUT2D eigenvalue weighted by atomic mass is 9.83. The zero-order valence-corrected chi connectivity index (χ0v) is 14.9. The van der Waals surface area contributed by atoms with Crippen LogP contribution in [0.3, 0.4) is 0 Å². The van der Waals surface area contributed by atoms with Crippen LogP contribution >= 0.6 is 23.5 Å². The van der Waals surface area contributed by atoms with Gasteiger partial charge in [0, 0.05) is 36.2 Å². The van der Waals surface area contributed by atoms with Crippen LogP contribution in [-0.2, 0) is 0 Å². The second kappa shape index (κ2) is 8.44. The summed E-state index contributed by atoms with van der Waals surface area (Å²) < 4.78 is 0. The smallest absolute Gasteiger partial charge is 0.0703 e. The zero-order chi connectivity index (χ0) is 14.5. The molecule has 2 aliphatic heterocycles. The summed E-state index contributed by atoms with van der Waals surface area (Å²) in [5, 5.41) is 13.1. The molecule has 3 fully saturated rings. The molecule has 3 aliphatic rings. The number of rotatable bonds is 5. The van der Waals surface area contributed by atoms with E-state index in [1.54, 1.807) is 0 Å². The van der Waals surface area contributed by atoms with E-state index in [4.69, 9.17) is 0 Å². The maximum Gasteiger partial charge on any atom is 0.0703 e. The Balaban J connectivity index is 1.40. The van der Waals surface area contributed by atoms with Gasteiger partial charge in [-0.2, -0.15) is 23.5 Å². The quantitative estimate of drug-likeness (QED) is 0.721. The van der Waals surface area contributed by atoms with Crippen molar-refractivity contribution in [2.24, 2.45) is 5.92 Å². The molecule has 0 amide bonds. The van der Waals surface area contributed by atoms with Crippen molar-refractivity contribution < 1.29 is 0 Å². The van der Waals surface area contributed by atoms with Crippen molar-refractivity contribution in [1.82, 2.24) is 16.0 Å². The molecule has 2 heterocycles. The minimum absolute atomic E-state index is 0.475. The Hall–Kier alpha value is 0.580. The normalized spacial score (nSPS) is 41.3. The van der Waals surface area contributed by atoms with Gasteiger partial charge in [-0.05, 0) is 56.5 Å². The largest absolute Gasteiger partial charge is 0.312 e. The summed E-state index contributed by atoms with van der Waals surface area (Å²) in [7, 11) is 0. The molecule has 3 nitrogen and oxygen atoms in total. The summed E-state index contributed by atoms with van der Waals surface area (Å²) in [5.74, 6) is 2.25. The summed E-state index contributed by atoms with van der Waals surface area (Å²) in [5.41, 5.74) is 0. The zero-order valence-electron chi connectivity index (χ0n) is 13.3. The second-order valence-corrected chi connectivity index (χ2v) is 9.35. The van der Waals surface area contributed by atoms with Gasteiger partial charge < -0.3 is 5.32 Å². The molecular formula is C16H31N3S2. The summed E-state index contributed by atoms with van der Waals surface area (Å²) in [6, 6.07) is 0.676. The highest BCUT2D eigenvalue weighted by Crippen LogP contribution is 2.32. The summed E-state index contributed by atoms with van der Waals surface area (Å²) in [6.07, 6.45) is 11.2. The molecule has 2 saturated heterocycles. The third-order valence-electron chi connectivity index (χ3n) is 5.37. The van der Waals surface area contributed by atoms with E-state index in [-0.39, 0.29) is 0 Å². The molecule has 21 heavy (non-hydrogen) atoms. The van der Waals surface area contributed by atoms with E-state index >= 15 is 0 Å². The van der Waals surface area contributed by atoms with Crippen molar-refractivity contribution in [3.63, 3.8) is 0 Å². The van der Waals surface area contributed by atoms with Crippen LogP contribution in [0.4, 0.5) is 0 Å². The molecule has 3 rings (SSSR count). The van der Waals surface area contributed by atoms with Gasteiger partial charge in [-0.1, -0.05) is 0 Å². The predicted octanol–water partition coefficient (Wildman–Crippen LogP) is 2.28. The van der Waals surface area contributed by atoms with E-state index in [9.17, 15) is 0 Å². The van der Waals surface area contributed by atoms with E-state index in [2.05, 4.69) is 45.7 Å². The van der Waals surface area contributed by atoms with Crippen LogP contribution in [0.2, 0.25) is 0 Å². The Bertz CT molecular complexity index is 302. The Morgan fingerprint density at radius 3 is 2.71 bits per heavy atom. The highest BCUT2D eigenvalue weighted by Gasteiger charge is 2.31.